The van der Waals surface area contributed by atoms with Gasteiger partial charge in [0, 0.05) is 6.04 Å². The summed E-state index contributed by atoms with van der Waals surface area (Å²) in [5, 5.41) is 0. The van der Waals surface area contributed by atoms with Crippen LogP contribution in [0.15, 0.2) is 25.3 Å². The molecule has 0 aromatic carbocycles. The Labute approximate surface area is 63.6 Å². The molecule has 0 fully saturated rings. The van der Waals surface area contributed by atoms with E-state index in [1.54, 1.807) is 0 Å². The van der Waals surface area contributed by atoms with E-state index in [1.165, 1.54) is 0 Å². The van der Waals surface area contributed by atoms with Crippen molar-refractivity contribution in [3.05, 3.63) is 25.3 Å². The summed E-state index contributed by atoms with van der Waals surface area (Å²) in [5.41, 5.74) is 5.75. The van der Waals surface area contributed by atoms with Gasteiger partial charge in [0.1, 0.15) is 0 Å². The van der Waals surface area contributed by atoms with E-state index in [1.807, 2.05) is 12.2 Å². The molecule has 0 amide bonds. The number of rotatable bonds is 6. The molecule has 0 aromatic heterocycles. The van der Waals surface area contributed by atoms with Gasteiger partial charge in [-0.3, -0.25) is 0 Å². The molecule has 0 unspecified atom stereocenters. The summed E-state index contributed by atoms with van der Waals surface area (Å²) >= 11 is 0. The minimum absolute atomic E-state index is 0.330. The van der Waals surface area contributed by atoms with Crippen LogP contribution in [0.2, 0.25) is 0 Å². The molecule has 1 nitrogen and oxygen atoms in total. The molecule has 0 radical (unpaired) electrons. The Kier molecular flexibility index (Phi) is 6.19. The number of hydrogen-bond acceptors (Lipinski definition) is 1. The Morgan fingerprint density at radius 1 is 1.10 bits per heavy atom. The van der Waals surface area contributed by atoms with Gasteiger partial charge < -0.3 is 5.73 Å². The van der Waals surface area contributed by atoms with E-state index in [0.29, 0.717) is 6.04 Å². The zero-order valence-corrected chi connectivity index (χ0v) is 6.55. The first-order chi connectivity index (χ1) is 4.81. The van der Waals surface area contributed by atoms with Crippen molar-refractivity contribution in [1.29, 1.82) is 0 Å². The maximum Gasteiger partial charge on any atom is 0.00447 e. The van der Waals surface area contributed by atoms with Crippen LogP contribution in [0.1, 0.15) is 25.7 Å². The normalized spacial score (nSPS) is 9.80. The minimum Gasteiger partial charge on any atom is -0.328 e. The summed E-state index contributed by atoms with van der Waals surface area (Å²) in [4.78, 5) is 0. The largest absolute Gasteiger partial charge is 0.328 e. The molecule has 0 aliphatic heterocycles. The van der Waals surface area contributed by atoms with Crippen LogP contribution >= 0.6 is 0 Å². The average molecular weight is 139 g/mol. The molecule has 2 N–H and O–H groups in total. The maximum absolute atomic E-state index is 5.75. The molecule has 0 aliphatic rings. The lowest BCUT2D eigenvalue weighted by Crippen LogP contribution is -2.18. The van der Waals surface area contributed by atoms with Gasteiger partial charge in [-0.15, -0.1) is 13.2 Å². The highest BCUT2D eigenvalue weighted by molar-refractivity contribution is 4.74. The number of nitrogens with two attached hydrogens (primary N) is 1. The predicted octanol–water partition coefficient (Wildman–Crippen LogP) is 2.25. The van der Waals surface area contributed by atoms with Crippen LogP contribution in [0.5, 0.6) is 0 Å². The second kappa shape index (κ2) is 6.56. The van der Waals surface area contributed by atoms with Crippen molar-refractivity contribution in [2.24, 2.45) is 5.73 Å². The van der Waals surface area contributed by atoms with Crippen molar-refractivity contribution >= 4 is 0 Å². The molecule has 0 aromatic rings. The Hall–Kier alpha value is -0.560. The van der Waals surface area contributed by atoms with Gasteiger partial charge in [0.25, 0.3) is 0 Å². The zero-order chi connectivity index (χ0) is 7.82. The summed E-state index contributed by atoms with van der Waals surface area (Å²) in [6.45, 7) is 7.27. The van der Waals surface area contributed by atoms with Crippen molar-refractivity contribution < 1.29 is 0 Å². The average Bonchev–Trinajstić information content (AvgIpc) is 1.97. The van der Waals surface area contributed by atoms with Gasteiger partial charge >= 0.3 is 0 Å². The second-order valence-electron chi connectivity index (χ2n) is 2.49. The SMILES string of the molecule is C=CCCC(N)CCC=C. The fraction of sp³-hybridized carbons (Fsp3) is 0.556. The fourth-order valence-electron chi connectivity index (χ4n) is 0.808. The highest BCUT2D eigenvalue weighted by Crippen LogP contribution is 2.02. The molecule has 0 aliphatic carbocycles. The van der Waals surface area contributed by atoms with E-state index in [0.717, 1.165) is 25.7 Å². The monoisotopic (exact) mass is 139 g/mol. The topological polar surface area (TPSA) is 26.0 Å². The molecule has 0 atom stereocenters. The summed E-state index contributed by atoms with van der Waals surface area (Å²) in [5.74, 6) is 0. The molecule has 0 bridgehead atoms. The summed E-state index contributed by atoms with van der Waals surface area (Å²) in [6.07, 6.45) is 7.98. The van der Waals surface area contributed by atoms with E-state index < -0.39 is 0 Å². The predicted molar refractivity (Wildman–Crippen MR) is 46.8 cm³/mol. The Morgan fingerprint density at radius 2 is 1.50 bits per heavy atom. The lowest BCUT2D eigenvalue weighted by Gasteiger charge is -2.06. The van der Waals surface area contributed by atoms with Gasteiger partial charge in [-0.1, -0.05) is 12.2 Å². The molecule has 1 heteroatoms. The fourth-order valence-corrected chi connectivity index (χ4v) is 0.808. The number of hydrogen-bond donors (Lipinski definition) is 1. The number of allylic oxidation sites excluding steroid dienone is 2. The first-order valence-corrected chi connectivity index (χ1v) is 3.78. The van der Waals surface area contributed by atoms with E-state index in [9.17, 15) is 0 Å². The summed E-state index contributed by atoms with van der Waals surface area (Å²) < 4.78 is 0. The van der Waals surface area contributed by atoms with E-state index in [2.05, 4.69) is 13.2 Å². The Morgan fingerprint density at radius 3 is 1.80 bits per heavy atom. The van der Waals surface area contributed by atoms with Crippen molar-refractivity contribution in [2.75, 3.05) is 0 Å². The third kappa shape index (κ3) is 5.57. The van der Waals surface area contributed by atoms with Crippen LogP contribution in [0.3, 0.4) is 0 Å². The third-order valence-electron chi connectivity index (χ3n) is 1.48. The second-order valence-corrected chi connectivity index (χ2v) is 2.49. The van der Waals surface area contributed by atoms with Crippen LogP contribution in [0.25, 0.3) is 0 Å². The third-order valence-corrected chi connectivity index (χ3v) is 1.48. The lowest BCUT2D eigenvalue weighted by molar-refractivity contribution is 0.580. The minimum atomic E-state index is 0.330. The van der Waals surface area contributed by atoms with Crippen molar-refractivity contribution in [1.82, 2.24) is 0 Å². The quantitative estimate of drug-likeness (QED) is 0.561. The molecule has 0 saturated carbocycles. The van der Waals surface area contributed by atoms with Gasteiger partial charge in [0.05, 0.1) is 0 Å². The first kappa shape index (κ1) is 9.44. The molecule has 10 heavy (non-hydrogen) atoms. The van der Waals surface area contributed by atoms with Gasteiger partial charge in [0.15, 0.2) is 0 Å². The molecule has 0 rings (SSSR count). The standard InChI is InChI=1S/C9H17N/c1-3-5-7-9(10)8-6-4-2/h3-4,9H,1-2,5-8,10H2. The summed E-state index contributed by atoms with van der Waals surface area (Å²) in [7, 11) is 0. The van der Waals surface area contributed by atoms with Crippen LogP contribution in [0, 0.1) is 0 Å². The van der Waals surface area contributed by atoms with Crippen LogP contribution in [-0.2, 0) is 0 Å². The summed E-state index contributed by atoms with van der Waals surface area (Å²) in [6, 6.07) is 0.330. The van der Waals surface area contributed by atoms with Crippen LogP contribution < -0.4 is 5.73 Å². The lowest BCUT2D eigenvalue weighted by atomic mass is 10.1. The highest BCUT2D eigenvalue weighted by Gasteiger charge is 1.97. The highest BCUT2D eigenvalue weighted by atomic mass is 14.6. The molecular weight excluding hydrogens is 122 g/mol. The molecule has 0 heterocycles. The molecule has 0 spiro atoms. The van der Waals surface area contributed by atoms with Gasteiger partial charge in [-0.2, -0.15) is 0 Å². The molecule has 0 saturated heterocycles. The van der Waals surface area contributed by atoms with Gasteiger partial charge in [-0.05, 0) is 25.7 Å². The Balaban J connectivity index is 3.15. The molecular formula is C9H17N. The van der Waals surface area contributed by atoms with Gasteiger partial charge in [0.2, 0.25) is 0 Å². The van der Waals surface area contributed by atoms with E-state index in [4.69, 9.17) is 5.73 Å². The first-order valence-electron chi connectivity index (χ1n) is 3.78. The molecule has 58 valence electrons. The van der Waals surface area contributed by atoms with Crippen LogP contribution in [0.4, 0.5) is 0 Å². The zero-order valence-electron chi connectivity index (χ0n) is 6.55. The van der Waals surface area contributed by atoms with Gasteiger partial charge in [-0.25, -0.2) is 0 Å². The van der Waals surface area contributed by atoms with Crippen molar-refractivity contribution in [3.63, 3.8) is 0 Å². The maximum atomic E-state index is 5.75. The van der Waals surface area contributed by atoms with Crippen LogP contribution in [-0.4, -0.2) is 6.04 Å². The van der Waals surface area contributed by atoms with E-state index in [-0.39, 0.29) is 0 Å². The smallest absolute Gasteiger partial charge is 0.00447 e. The van der Waals surface area contributed by atoms with E-state index >= 15 is 0 Å². The Bertz CT molecular complexity index is 84.9. The van der Waals surface area contributed by atoms with Crippen molar-refractivity contribution in [3.8, 4) is 0 Å². The van der Waals surface area contributed by atoms with Crippen molar-refractivity contribution in [2.45, 2.75) is 31.7 Å².